The molecule has 0 aromatic rings. The van der Waals surface area contributed by atoms with Gasteiger partial charge in [0.05, 0.1) is 0 Å². The molecular formula is C7H18N2O4Si. The van der Waals surface area contributed by atoms with Crippen LogP contribution in [0.3, 0.4) is 0 Å². The summed E-state index contributed by atoms with van der Waals surface area (Å²) in [7, 11) is 2.25. The number of nitrogens with one attached hydrogen (secondary N) is 1. The molecule has 0 aromatic heterocycles. The second-order valence-corrected chi connectivity index (χ2v) is 4.17. The maximum Gasteiger partial charge on any atom is 0.312 e. The highest BCUT2D eigenvalue weighted by atomic mass is 28.2. The molecule has 0 rings (SSSR count). The van der Waals surface area contributed by atoms with Crippen molar-refractivity contribution >= 4 is 15.8 Å². The Kier molecular flexibility index (Phi) is 6.46. The van der Waals surface area contributed by atoms with Crippen LogP contribution in [0.5, 0.6) is 0 Å². The number of primary amides is 1. The number of hydrogen-bond acceptors (Lipinski definition) is 4. The van der Waals surface area contributed by atoms with Gasteiger partial charge in [-0.25, -0.2) is 4.79 Å². The van der Waals surface area contributed by atoms with Gasteiger partial charge >= 0.3 is 6.03 Å². The van der Waals surface area contributed by atoms with E-state index < -0.39 is 21.8 Å². The van der Waals surface area contributed by atoms with Gasteiger partial charge in [0.25, 0.3) is 5.97 Å². The van der Waals surface area contributed by atoms with Gasteiger partial charge in [-0.1, -0.05) is 0 Å². The maximum atomic E-state index is 10.3. The minimum atomic E-state index is -0.959. The monoisotopic (exact) mass is 222 g/mol. The number of amides is 2. The fourth-order valence-electron chi connectivity index (χ4n) is 0.743. The highest BCUT2D eigenvalue weighted by Gasteiger charge is 2.22. The molecule has 3 N–H and O–H groups in total. The largest absolute Gasteiger partial charge is 0.376 e. The van der Waals surface area contributed by atoms with Crippen molar-refractivity contribution in [1.82, 2.24) is 5.32 Å². The predicted octanol–water partition coefficient (Wildman–Crippen LogP) is -0.860. The van der Waals surface area contributed by atoms with Crippen LogP contribution in [0, 0.1) is 0 Å². The molecule has 0 bridgehead atoms. The van der Waals surface area contributed by atoms with Gasteiger partial charge in [-0.3, -0.25) is 0 Å². The van der Waals surface area contributed by atoms with Crippen LogP contribution in [0.15, 0.2) is 0 Å². The summed E-state index contributed by atoms with van der Waals surface area (Å²) >= 11 is 0. The van der Waals surface area contributed by atoms with Gasteiger partial charge in [0, 0.05) is 27.7 Å². The van der Waals surface area contributed by atoms with E-state index in [-0.39, 0.29) is 0 Å². The Morgan fingerprint density at radius 2 is 2.07 bits per heavy atom. The van der Waals surface area contributed by atoms with E-state index in [2.05, 4.69) is 5.32 Å². The molecule has 0 aliphatic carbocycles. The average molecular weight is 222 g/mol. The molecule has 0 atom stereocenters. The smallest absolute Gasteiger partial charge is 0.312 e. The molecule has 84 valence electrons. The van der Waals surface area contributed by atoms with Gasteiger partial charge in [0.1, 0.15) is 0 Å². The molecule has 0 spiro atoms. The van der Waals surface area contributed by atoms with Gasteiger partial charge < -0.3 is 25.0 Å². The molecule has 0 saturated carbocycles. The van der Waals surface area contributed by atoms with Crippen molar-refractivity contribution in [2.24, 2.45) is 5.73 Å². The summed E-state index contributed by atoms with van der Waals surface area (Å²) in [5.74, 6) is -0.959. The summed E-state index contributed by atoms with van der Waals surface area (Å²) in [6.07, 6.45) is 0. The third-order valence-corrected chi connectivity index (χ3v) is 3.10. The Hall–Kier alpha value is -0.633. The number of carbonyl (C=O) groups excluding carboxylic acids is 1. The van der Waals surface area contributed by atoms with Crippen LogP contribution in [0.2, 0.25) is 6.04 Å². The first-order valence-electron chi connectivity index (χ1n) is 4.31. The van der Waals surface area contributed by atoms with E-state index in [9.17, 15) is 4.79 Å². The second kappa shape index (κ2) is 6.77. The molecule has 14 heavy (non-hydrogen) atoms. The van der Waals surface area contributed by atoms with Gasteiger partial charge in [0.2, 0.25) is 0 Å². The zero-order valence-corrected chi connectivity index (χ0v) is 10.2. The lowest BCUT2D eigenvalue weighted by Gasteiger charge is -2.26. The topological polar surface area (TPSA) is 82.8 Å². The summed E-state index contributed by atoms with van der Waals surface area (Å²) in [6, 6.07) is 0.269. The molecule has 0 aliphatic rings. The highest BCUT2D eigenvalue weighted by molar-refractivity contribution is 6.27. The van der Waals surface area contributed by atoms with Crippen molar-refractivity contribution in [3.63, 3.8) is 0 Å². The Bertz CT molecular complexity index is 175. The Balaban J connectivity index is 3.47. The third-order valence-electron chi connectivity index (χ3n) is 1.73. The van der Waals surface area contributed by atoms with E-state index >= 15 is 0 Å². The van der Waals surface area contributed by atoms with Crippen molar-refractivity contribution < 1.29 is 18.7 Å². The number of hydrogen-bond donors (Lipinski definition) is 2. The zero-order chi connectivity index (χ0) is 11.0. The number of ether oxygens (including phenoxy) is 2. The van der Waals surface area contributed by atoms with Crippen molar-refractivity contribution in [3.8, 4) is 0 Å². The van der Waals surface area contributed by atoms with E-state index in [0.29, 0.717) is 6.54 Å². The molecular weight excluding hydrogens is 204 g/mol. The molecule has 0 saturated heterocycles. The van der Waals surface area contributed by atoms with Gasteiger partial charge in [-0.2, -0.15) is 0 Å². The van der Waals surface area contributed by atoms with Gasteiger partial charge in [-0.05, 0) is 6.04 Å². The van der Waals surface area contributed by atoms with Crippen molar-refractivity contribution in [1.29, 1.82) is 0 Å². The molecule has 0 radical (unpaired) electrons. The number of urea groups is 1. The number of methoxy groups -OCH3 is 2. The summed E-state index contributed by atoms with van der Waals surface area (Å²) < 4.78 is 15.4. The van der Waals surface area contributed by atoms with E-state index in [1.807, 2.05) is 0 Å². The minimum absolute atomic E-state index is 0.514. The van der Waals surface area contributed by atoms with E-state index in [1.165, 1.54) is 14.2 Å². The fourth-order valence-corrected chi connectivity index (χ4v) is 1.81. The molecule has 0 fully saturated rings. The molecule has 2 amide bonds. The van der Waals surface area contributed by atoms with Crippen LogP contribution in [0.1, 0.15) is 6.92 Å². The SMILES string of the molecule is COC(C)(OC)O[SiH2]CCNC(N)=O. The summed E-state index contributed by atoms with van der Waals surface area (Å²) in [5, 5.41) is 2.48. The minimum Gasteiger partial charge on any atom is -0.376 e. The van der Waals surface area contributed by atoms with Crippen LogP contribution >= 0.6 is 0 Å². The normalized spacial score (nSPS) is 12.2. The van der Waals surface area contributed by atoms with Crippen LogP contribution in [0.4, 0.5) is 4.79 Å². The molecule has 0 aromatic carbocycles. The lowest BCUT2D eigenvalue weighted by Crippen LogP contribution is -2.36. The third kappa shape index (κ3) is 5.92. The summed E-state index contributed by atoms with van der Waals surface area (Å²) in [6.45, 7) is 2.23. The van der Waals surface area contributed by atoms with E-state index in [1.54, 1.807) is 6.92 Å². The quantitative estimate of drug-likeness (QED) is 0.333. The Morgan fingerprint density at radius 3 is 2.50 bits per heavy atom. The maximum absolute atomic E-state index is 10.3. The van der Waals surface area contributed by atoms with Crippen LogP contribution in [0.25, 0.3) is 0 Å². The number of carbonyl (C=O) groups is 1. The first kappa shape index (κ1) is 13.4. The lowest BCUT2D eigenvalue weighted by molar-refractivity contribution is -0.310. The molecule has 0 heterocycles. The van der Waals surface area contributed by atoms with E-state index in [4.69, 9.17) is 19.6 Å². The van der Waals surface area contributed by atoms with Crippen LogP contribution < -0.4 is 11.1 Å². The van der Waals surface area contributed by atoms with Crippen LogP contribution in [-0.2, 0) is 13.9 Å². The van der Waals surface area contributed by atoms with Gasteiger partial charge in [-0.15, -0.1) is 0 Å². The summed E-state index contributed by atoms with van der Waals surface area (Å²) in [5.41, 5.74) is 4.89. The Labute approximate surface area is 86.0 Å². The second-order valence-electron chi connectivity index (χ2n) is 2.76. The van der Waals surface area contributed by atoms with Crippen molar-refractivity contribution in [2.45, 2.75) is 18.9 Å². The predicted molar refractivity (Wildman–Crippen MR) is 54.4 cm³/mol. The highest BCUT2D eigenvalue weighted by Crippen LogP contribution is 2.10. The first-order valence-corrected chi connectivity index (χ1v) is 5.89. The van der Waals surface area contributed by atoms with E-state index in [0.717, 1.165) is 6.04 Å². The van der Waals surface area contributed by atoms with Gasteiger partial charge in [0.15, 0.2) is 9.76 Å². The Morgan fingerprint density at radius 1 is 1.50 bits per heavy atom. The standard InChI is InChI=1S/C7H18N2O4Si/c1-7(11-2,12-3)13-14-5-4-9-6(8)10/h4-5,14H2,1-3H3,(H3,8,9,10). The summed E-state index contributed by atoms with van der Waals surface area (Å²) in [4.78, 5) is 10.3. The van der Waals surface area contributed by atoms with Crippen molar-refractivity contribution in [2.75, 3.05) is 20.8 Å². The average Bonchev–Trinajstić information content (AvgIpc) is 2.16. The number of rotatable bonds is 7. The number of nitrogens with two attached hydrogens (primary N) is 1. The van der Waals surface area contributed by atoms with Crippen LogP contribution in [-0.4, -0.2) is 42.5 Å². The molecule has 7 heteroatoms. The molecule has 0 unspecified atom stereocenters. The zero-order valence-electron chi connectivity index (χ0n) is 8.83. The lowest BCUT2D eigenvalue weighted by atomic mass is 10.7. The molecule has 0 aliphatic heterocycles. The van der Waals surface area contributed by atoms with Crippen molar-refractivity contribution in [3.05, 3.63) is 0 Å². The fraction of sp³-hybridized carbons (Fsp3) is 0.857. The molecule has 6 nitrogen and oxygen atoms in total. The first-order chi connectivity index (χ1) is 6.54.